The van der Waals surface area contributed by atoms with Crippen LogP contribution in [0.1, 0.15) is 28.9 Å². The van der Waals surface area contributed by atoms with E-state index >= 15 is 0 Å². The van der Waals surface area contributed by atoms with Crippen molar-refractivity contribution in [1.29, 1.82) is 0 Å². The third-order valence-electron chi connectivity index (χ3n) is 6.43. The van der Waals surface area contributed by atoms with Crippen LogP contribution in [0.25, 0.3) is 0 Å². The van der Waals surface area contributed by atoms with E-state index in [1.165, 1.54) is 0 Å². The maximum atomic E-state index is 13.4. The van der Waals surface area contributed by atoms with Gasteiger partial charge in [-0.05, 0) is 35.9 Å². The highest BCUT2D eigenvalue weighted by atomic mass is 16.5. The molecule has 2 saturated heterocycles. The first-order valence-electron chi connectivity index (χ1n) is 11.8. The summed E-state index contributed by atoms with van der Waals surface area (Å²) in [4.78, 5) is 31.6. The third-order valence-corrected chi connectivity index (χ3v) is 6.43. The van der Waals surface area contributed by atoms with E-state index in [1.54, 1.807) is 20.1 Å². The lowest BCUT2D eigenvalue weighted by Crippen LogP contribution is -2.51. The first kappa shape index (κ1) is 24.0. The zero-order valence-electron chi connectivity index (χ0n) is 19.9. The van der Waals surface area contributed by atoms with Crippen molar-refractivity contribution in [3.63, 3.8) is 0 Å². The molecule has 0 aromatic heterocycles. The van der Waals surface area contributed by atoms with Gasteiger partial charge in [0.1, 0.15) is 18.1 Å². The van der Waals surface area contributed by atoms with Crippen LogP contribution in [-0.2, 0) is 9.53 Å². The van der Waals surface area contributed by atoms with Crippen LogP contribution in [0.4, 0.5) is 0 Å². The van der Waals surface area contributed by atoms with Crippen molar-refractivity contribution in [3.05, 3.63) is 59.7 Å². The molecule has 0 N–H and O–H groups in total. The van der Waals surface area contributed by atoms with E-state index in [-0.39, 0.29) is 17.9 Å². The summed E-state index contributed by atoms with van der Waals surface area (Å²) in [5, 5.41) is 0. The second kappa shape index (κ2) is 11.4. The van der Waals surface area contributed by atoms with Crippen molar-refractivity contribution in [2.24, 2.45) is 0 Å². The Balaban J connectivity index is 1.41. The molecule has 34 heavy (non-hydrogen) atoms. The molecule has 0 spiro atoms. The molecular formula is C26H33N3O5. The zero-order valence-corrected chi connectivity index (χ0v) is 19.9. The summed E-state index contributed by atoms with van der Waals surface area (Å²) in [6.45, 7) is 7.76. The van der Waals surface area contributed by atoms with E-state index in [0.717, 1.165) is 44.2 Å². The number of benzene rings is 2. The van der Waals surface area contributed by atoms with E-state index in [4.69, 9.17) is 14.2 Å². The van der Waals surface area contributed by atoms with E-state index in [2.05, 4.69) is 4.90 Å². The van der Waals surface area contributed by atoms with Crippen LogP contribution in [-0.4, -0.2) is 92.7 Å². The smallest absolute Gasteiger partial charge is 0.254 e. The lowest BCUT2D eigenvalue weighted by molar-refractivity contribution is -0.133. The Kier molecular flexibility index (Phi) is 8.03. The van der Waals surface area contributed by atoms with Gasteiger partial charge in [-0.25, -0.2) is 0 Å². The van der Waals surface area contributed by atoms with Crippen LogP contribution >= 0.6 is 0 Å². The van der Waals surface area contributed by atoms with E-state index in [0.29, 0.717) is 37.6 Å². The van der Waals surface area contributed by atoms with Crippen molar-refractivity contribution < 1.29 is 23.8 Å². The minimum absolute atomic E-state index is 0.00332. The summed E-state index contributed by atoms with van der Waals surface area (Å²) in [6.07, 6.45) is 0. The fourth-order valence-corrected chi connectivity index (χ4v) is 4.47. The minimum atomic E-state index is -0.200. The monoisotopic (exact) mass is 467 g/mol. The Hall–Kier alpha value is -3.10. The standard InChI is InChI=1S/C26H33N3O5/c1-20(30)29-11-10-28(19-25(29)21-6-8-23(32-2)9-7-21)26(31)22-4-3-5-24(18-22)34-17-14-27-12-15-33-16-13-27/h3-9,18,25H,10-17,19H2,1-2H3/t25-/m1/s1. The number of piperazine rings is 1. The molecule has 4 rings (SSSR count). The number of ether oxygens (including phenoxy) is 3. The molecule has 2 fully saturated rings. The van der Waals surface area contributed by atoms with Crippen molar-refractivity contribution >= 4 is 11.8 Å². The van der Waals surface area contributed by atoms with Crippen LogP contribution in [0.5, 0.6) is 11.5 Å². The van der Waals surface area contributed by atoms with Gasteiger partial charge in [0, 0.05) is 51.8 Å². The minimum Gasteiger partial charge on any atom is -0.497 e. The van der Waals surface area contributed by atoms with Crippen molar-refractivity contribution in [2.45, 2.75) is 13.0 Å². The highest BCUT2D eigenvalue weighted by Gasteiger charge is 2.32. The molecule has 2 heterocycles. The molecule has 2 aromatic carbocycles. The van der Waals surface area contributed by atoms with Gasteiger partial charge in [-0.3, -0.25) is 14.5 Å². The Morgan fingerprint density at radius 1 is 1.00 bits per heavy atom. The second-order valence-electron chi connectivity index (χ2n) is 8.58. The molecule has 182 valence electrons. The summed E-state index contributed by atoms with van der Waals surface area (Å²) in [6, 6.07) is 14.8. The topological polar surface area (TPSA) is 71.5 Å². The van der Waals surface area contributed by atoms with Gasteiger partial charge in [0.25, 0.3) is 5.91 Å². The molecule has 0 saturated carbocycles. The van der Waals surface area contributed by atoms with Crippen LogP contribution < -0.4 is 9.47 Å². The molecule has 0 bridgehead atoms. The van der Waals surface area contributed by atoms with Gasteiger partial charge in [-0.1, -0.05) is 18.2 Å². The average Bonchev–Trinajstić information content (AvgIpc) is 2.88. The van der Waals surface area contributed by atoms with Gasteiger partial charge in [-0.2, -0.15) is 0 Å². The molecule has 8 nitrogen and oxygen atoms in total. The number of rotatable bonds is 7. The summed E-state index contributed by atoms with van der Waals surface area (Å²) in [7, 11) is 1.62. The summed E-state index contributed by atoms with van der Waals surface area (Å²) < 4.78 is 16.6. The molecule has 0 unspecified atom stereocenters. The summed E-state index contributed by atoms with van der Waals surface area (Å²) >= 11 is 0. The van der Waals surface area contributed by atoms with Crippen LogP contribution in [0.3, 0.4) is 0 Å². The van der Waals surface area contributed by atoms with E-state index in [1.807, 2.05) is 52.3 Å². The number of amides is 2. The number of hydrogen-bond acceptors (Lipinski definition) is 6. The molecule has 0 aliphatic carbocycles. The Bertz CT molecular complexity index is 975. The quantitative estimate of drug-likeness (QED) is 0.623. The molecular weight excluding hydrogens is 434 g/mol. The van der Waals surface area contributed by atoms with Crippen molar-refractivity contribution in [3.8, 4) is 11.5 Å². The maximum absolute atomic E-state index is 13.4. The fraction of sp³-hybridized carbons (Fsp3) is 0.462. The first-order chi connectivity index (χ1) is 16.5. The number of morpholine rings is 1. The summed E-state index contributed by atoms with van der Waals surface area (Å²) in [5.74, 6) is 1.39. The Morgan fingerprint density at radius 3 is 2.47 bits per heavy atom. The number of carbonyl (C=O) groups excluding carboxylic acids is 2. The average molecular weight is 468 g/mol. The van der Waals surface area contributed by atoms with Crippen molar-refractivity contribution in [1.82, 2.24) is 14.7 Å². The molecule has 0 radical (unpaired) electrons. The highest BCUT2D eigenvalue weighted by molar-refractivity contribution is 5.94. The Labute approximate surface area is 201 Å². The van der Waals surface area contributed by atoms with Gasteiger partial charge in [-0.15, -0.1) is 0 Å². The zero-order chi connectivity index (χ0) is 23.9. The molecule has 2 aromatic rings. The highest BCUT2D eigenvalue weighted by Crippen LogP contribution is 2.28. The SMILES string of the molecule is COc1ccc([C@H]2CN(C(=O)c3cccc(OCCN4CCOCC4)c3)CCN2C(C)=O)cc1. The number of methoxy groups -OCH3 is 1. The Morgan fingerprint density at radius 2 is 1.76 bits per heavy atom. The van der Waals surface area contributed by atoms with Crippen LogP contribution in [0, 0.1) is 0 Å². The van der Waals surface area contributed by atoms with Gasteiger partial charge in [0.05, 0.1) is 26.4 Å². The fourth-order valence-electron chi connectivity index (χ4n) is 4.47. The molecule has 2 aliphatic heterocycles. The van der Waals surface area contributed by atoms with E-state index < -0.39 is 0 Å². The van der Waals surface area contributed by atoms with Gasteiger partial charge >= 0.3 is 0 Å². The van der Waals surface area contributed by atoms with Crippen LogP contribution in [0.15, 0.2) is 48.5 Å². The molecule has 2 amide bonds. The van der Waals surface area contributed by atoms with Crippen molar-refractivity contribution in [2.75, 3.05) is 66.2 Å². The predicted molar refractivity (Wildman–Crippen MR) is 128 cm³/mol. The van der Waals surface area contributed by atoms with E-state index in [9.17, 15) is 9.59 Å². The normalized spacial score (nSPS) is 19.1. The van der Waals surface area contributed by atoms with Gasteiger partial charge < -0.3 is 24.0 Å². The molecule has 8 heteroatoms. The molecule has 1 atom stereocenters. The lowest BCUT2D eigenvalue weighted by atomic mass is 10.0. The second-order valence-corrected chi connectivity index (χ2v) is 8.58. The predicted octanol–water partition coefficient (Wildman–Crippen LogP) is 2.45. The first-order valence-corrected chi connectivity index (χ1v) is 11.8. The summed E-state index contributed by atoms with van der Waals surface area (Å²) in [5.41, 5.74) is 1.57. The maximum Gasteiger partial charge on any atom is 0.254 e. The largest absolute Gasteiger partial charge is 0.497 e. The molecule has 2 aliphatic rings. The third kappa shape index (κ3) is 5.87. The van der Waals surface area contributed by atoms with Gasteiger partial charge in [0.15, 0.2) is 0 Å². The number of carbonyl (C=O) groups is 2. The number of nitrogens with zero attached hydrogens (tertiary/aromatic N) is 3. The lowest BCUT2D eigenvalue weighted by Gasteiger charge is -2.41. The number of hydrogen-bond donors (Lipinski definition) is 0. The van der Waals surface area contributed by atoms with Gasteiger partial charge in [0.2, 0.25) is 5.91 Å². The van der Waals surface area contributed by atoms with Crippen LogP contribution in [0.2, 0.25) is 0 Å².